The summed E-state index contributed by atoms with van der Waals surface area (Å²) in [5.74, 6) is 3.78. The third-order valence-corrected chi connectivity index (χ3v) is 8.57. The lowest BCUT2D eigenvalue weighted by atomic mass is 9.92. The molecule has 1 amide bonds. The molecule has 0 aliphatic carbocycles. The highest BCUT2D eigenvalue weighted by molar-refractivity contribution is 7.92. The Morgan fingerprint density at radius 2 is 1.71 bits per heavy atom. The molecular weight excluding hydrogens is 460 g/mol. The fourth-order valence-electron chi connectivity index (χ4n) is 4.07. The number of hydrogen-bond acceptors (Lipinski definition) is 8. The number of likely N-dealkylation sites (tertiary alicyclic amines) is 1. The van der Waals surface area contributed by atoms with Gasteiger partial charge >= 0.3 is 0 Å². The van der Waals surface area contributed by atoms with E-state index in [1.165, 1.54) is 26.4 Å². The van der Waals surface area contributed by atoms with Crippen LogP contribution in [0.25, 0.3) is 0 Å². The fraction of sp³-hybridized carbons (Fsp3) is 0.375. The van der Waals surface area contributed by atoms with Gasteiger partial charge in [0, 0.05) is 25.6 Å². The van der Waals surface area contributed by atoms with Crippen LogP contribution in [0.5, 0.6) is 23.0 Å². The van der Waals surface area contributed by atoms with Crippen LogP contribution in [0, 0.1) is 12.3 Å². The van der Waals surface area contributed by atoms with E-state index in [1.807, 2.05) is 4.90 Å². The average Bonchev–Trinajstić information content (AvgIpc) is 2.85. The van der Waals surface area contributed by atoms with Gasteiger partial charge in [-0.15, -0.1) is 6.42 Å². The molecule has 1 aliphatic heterocycles. The van der Waals surface area contributed by atoms with Crippen molar-refractivity contribution in [3.8, 4) is 35.3 Å². The molecule has 0 radical (unpaired) electrons. The summed E-state index contributed by atoms with van der Waals surface area (Å²) in [5.41, 5.74) is 1.56. The summed E-state index contributed by atoms with van der Waals surface area (Å²) in [6.45, 7) is 1.27. The van der Waals surface area contributed by atoms with Crippen LogP contribution < -0.4 is 19.7 Å². The number of hydroxylamine groups is 1. The van der Waals surface area contributed by atoms with E-state index in [0.29, 0.717) is 42.6 Å². The number of terminal acetylenes is 1. The van der Waals surface area contributed by atoms with Gasteiger partial charge in [0.2, 0.25) is 5.91 Å². The second-order valence-corrected chi connectivity index (χ2v) is 10.3. The predicted molar refractivity (Wildman–Crippen MR) is 125 cm³/mol. The number of piperidine rings is 1. The number of rotatable bonds is 9. The zero-order valence-corrected chi connectivity index (χ0v) is 19.9. The van der Waals surface area contributed by atoms with Gasteiger partial charge in [0.1, 0.15) is 11.5 Å². The van der Waals surface area contributed by atoms with E-state index >= 15 is 0 Å². The SMILES string of the molecule is C#CCN1CCC(CC(=O)NO)(S(=O)(=O)c2ccc(Oc3ccc(OC)c(OC)c3)cc2)CC1. The second-order valence-electron chi connectivity index (χ2n) is 7.97. The van der Waals surface area contributed by atoms with Crippen LogP contribution in [0.1, 0.15) is 19.3 Å². The van der Waals surface area contributed by atoms with Gasteiger partial charge in [-0.05, 0) is 49.2 Å². The van der Waals surface area contributed by atoms with Gasteiger partial charge in [0.15, 0.2) is 21.3 Å². The second kappa shape index (κ2) is 10.8. The Balaban J connectivity index is 1.84. The van der Waals surface area contributed by atoms with Crippen LogP contribution in [0.2, 0.25) is 0 Å². The molecule has 182 valence electrons. The molecule has 1 fully saturated rings. The van der Waals surface area contributed by atoms with Gasteiger partial charge in [-0.3, -0.25) is 14.9 Å². The first kappa shape index (κ1) is 25.4. The lowest BCUT2D eigenvalue weighted by molar-refractivity contribution is -0.130. The summed E-state index contributed by atoms with van der Waals surface area (Å²) in [4.78, 5) is 14.1. The highest BCUT2D eigenvalue weighted by Gasteiger charge is 2.48. The Labute approximate surface area is 199 Å². The summed E-state index contributed by atoms with van der Waals surface area (Å²) in [6.07, 6.45) is 5.46. The minimum atomic E-state index is -3.92. The normalized spacial score (nSPS) is 15.7. The zero-order chi connectivity index (χ0) is 24.8. The lowest BCUT2D eigenvalue weighted by Crippen LogP contribution is -2.51. The molecule has 0 aromatic heterocycles. The molecule has 10 heteroatoms. The molecule has 1 heterocycles. The van der Waals surface area contributed by atoms with Crippen molar-refractivity contribution in [1.82, 2.24) is 10.4 Å². The molecule has 0 unspecified atom stereocenters. The standard InChI is InChI=1S/C24H28N2O7S/c1-4-13-26-14-11-24(12-15-26,17-23(27)25-28)34(29,30)20-8-5-18(6-9-20)33-19-7-10-21(31-2)22(16-19)32-3/h1,5-10,16,28H,11-15,17H2,2-3H3,(H,25,27). The van der Waals surface area contributed by atoms with E-state index in [2.05, 4.69) is 5.92 Å². The number of sulfone groups is 1. The van der Waals surface area contributed by atoms with E-state index in [1.54, 1.807) is 35.8 Å². The van der Waals surface area contributed by atoms with Crippen molar-refractivity contribution in [1.29, 1.82) is 0 Å². The van der Waals surface area contributed by atoms with Crippen LogP contribution in [0.15, 0.2) is 47.4 Å². The molecule has 1 aliphatic rings. The van der Waals surface area contributed by atoms with Crippen molar-refractivity contribution < 1.29 is 32.6 Å². The minimum Gasteiger partial charge on any atom is -0.493 e. The highest BCUT2D eigenvalue weighted by atomic mass is 32.2. The molecule has 2 N–H and O–H groups in total. The van der Waals surface area contributed by atoms with Gasteiger partial charge in [0.05, 0.1) is 30.4 Å². The molecule has 0 saturated carbocycles. The fourth-order valence-corrected chi connectivity index (χ4v) is 6.11. The van der Waals surface area contributed by atoms with Crippen LogP contribution in [0.3, 0.4) is 0 Å². The third-order valence-electron chi connectivity index (χ3n) is 5.98. The van der Waals surface area contributed by atoms with Gasteiger partial charge in [0.25, 0.3) is 0 Å². The van der Waals surface area contributed by atoms with E-state index in [0.717, 1.165) is 0 Å². The Morgan fingerprint density at radius 3 is 2.26 bits per heavy atom. The van der Waals surface area contributed by atoms with E-state index in [9.17, 15) is 13.2 Å². The molecule has 9 nitrogen and oxygen atoms in total. The van der Waals surface area contributed by atoms with Crippen molar-refractivity contribution in [2.75, 3.05) is 33.9 Å². The van der Waals surface area contributed by atoms with E-state index in [4.69, 9.17) is 25.8 Å². The first-order chi connectivity index (χ1) is 16.3. The summed E-state index contributed by atoms with van der Waals surface area (Å²) < 4.78 is 42.3. The van der Waals surface area contributed by atoms with Crippen LogP contribution in [0.4, 0.5) is 0 Å². The number of nitrogens with zero attached hydrogens (tertiary/aromatic N) is 1. The summed E-state index contributed by atoms with van der Waals surface area (Å²) >= 11 is 0. The number of methoxy groups -OCH3 is 2. The number of amides is 1. The van der Waals surface area contributed by atoms with E-state index in [-0.39, 0.29) is 24.2 Å². The molecule has 2 aromatic carbocycles. The van der Waals surface area contributed by atoms with Crippen LogP contribution in [-0.4, -0.2) is 63.0 Å². The predicted octanol–water partition coefficient (Wildman–Crippen LogP) is 2.63. The molecule has 3 rings (SSSR count). The molecular formula is C24H28N2O7S. The first-order valence-corrected chi connectivity index (χ1v) is 12.1. The number of ether oxygens (including phenoxy) is 3. The number of benzene rings is 2. The number of carbonyl (C=O) groups is 1. The summed E-state index contributed by atoms with van der Waals surface area (Å²) in [6, 6.07) is 11.1. The van der Waals surface area contributed by atoms with Gasteiger partial charge in [-0.25, -0.2) is 13.9 Å². The quantitative estimate of drug-likeness (QED) is 0.315. The number of carbonyl (C=O) groups excluding carboxylic acids is 1. The number of hydrogen-bond donors (Lipinski definition) is 2. The molecule has 2 aromatic rings. The highest BCUT2D eigenvalue weighted by Crippen LogP contribution is 2.39. The van der Waals surface area contributed by atoms with Gasteiger partial charge < -0.3 is 14.2 Å². The van der Waals surface area contributed by atoms with Crippen molar-refractivity contribution in [3.05, 3.63) is 42.5 Å². The Morgan fingerprint density at radius 1 is 1.09 bits per heavy atom. The first-order valence-electron chi connectivity index (χ1n) is 10.6. The van der Waals surface area contributed by atoms with E-state index < -0.39 is 20.5 Å². The van der Waals surface area contributed by atoms with Crippen LogP contribution in [-0.2, 0) is 14.6 Å². The molecule has 34 heavy (non-hydrogen) atoms. The van der Waals surface area contributed by atoms with Gasteiger partial charge in [-0.1, -0.05) is 5.92 Å². The van der Waals surface area contributed by atoms with Crippen LogP contribution >= 0.6 is 0 Å². The smallest absolute Gasteiger partial charge is 0.244 e. The molecule has 0 atom stereocenters. The van der Waals surface area contributed by atoms with Crippen molar-refractivity contribution in [2.24, 2.45) is 0 Å². The maximum atomic E-state index is 13.7. The van der Waals surface area contributed by atoms with Crippen molar-refractivity contribution in [3.63, 3.8) is 0 Å². The summed E-state index contributed by atoms with van der Waals surface area (Å²) in [5, 5.41) is 9.03. The maximum absolute atomic E-state index is 13.7. The third kappa shape index (κ3) is 5.28. The Hall–Kier alpha value is -3.26. The lowest BCUT2D eigenvalue weighted by Gasteiger charge is -2.40. The summed E-state index contributed by atoms with van der Waals surface area (Å²) in [7, 11) is -0.865. The minimum absolute atomic E-state index is 0.0725. The molecule has 0 spiro atoms. The Kier molecular flexibility index (Phi) is 8.04. The average molecular weight is 489 g/mol. The maximum Gasteiger partial charge on any atom is 0.244 e. The van der Waals surface area contributed by atoms with Crippen molar-refractivity contribution in [2.45, 2.75) is 28.9 Å². The molecule has 1 saturated heterocycles. The Bertz CT molecular complexity index is 1150. The van der Waals surface area contributed by atoms with Crippen molar-refractivity contribution >= 4 is 15.7 Å². The van der Waals surface area contributed by atoms with Gasteiger partial charge in [-0.2, -0.15) is 0 Å². The number of nitrogens with one attached hydrogen (secondary N) is 1. The largest absolute Gasteiger partial charge is 0.493 e. The topological polar surface area (TPSA) is 114 Å². The molecule has 0 bridgehead atoms. The zero-order valence-electron chi connectivity index (χ0n) is 19.1. The monoisotopic (exact) mass is 488 g/mol.